The van der Waals surface area contributed by atoms with E-state index in [0.29, 0.717) is 11.8 Å². The van der Waals surface area contributed by atoms with Gasteiger partial charge in [-0.1, -0.05) is 0 Å². The largest absolute Gasteiger partial charge is 0.508 e. The average Bonchev–Trinajstić information content (AvgIpc) is 2.54. The van der Waals surface area contributed by atoms with E-state index in [1.54, 1.807) is 12.1 Å². The van der Waals surface area contributed by atoms with E-state index >= 15 is 0 Å². The third-order valence-electron chi connectivity index (χ3n) is 3.47. The predicted octanol–water partition coefficient (Wildman–Crippen LogP) is 2.69. The van der Waals surface area contributed by atoms with Gasteiger partial charge < -0.3 is 19.4 Å². The molecule has 0 amide bonds. The lowest BCUT2D eigenvalue weighted by Gasteiger charge is -2.10. The maximum atomic E-state index is 12.3. The molecule has 116 valence electrons. The second-order valence-corrected chi connectivity index (χ2v) is 4.86. The maximum absolute atomic E-state index is 12.3. The Hall–Kier alpha value is -3.28. The zero-order valence-electron chi connectivity index (χ0n) is 12.1. The van der Waals surface area contributed by atoms with Gasteiger partial charge in [-0.25, -0.2) is 0 Å². The molecule has 0 saturated heterocycles. The summed E-state index contributed by atoms with van der Waals surface area (Å²) in [7, 11) is 1.34. The minimum atomic E-state index is -0.488. The number of phenols is 2. The van der Waals surface area contributed by atoms with Crippen LogP contribution in [0, 0.1) is 0 Å². The molecule has 6 nitrogen and oxygen atoms in total. The van der Waals surface area contributed by atoms with E-state index in [-0.39, 0.29) is 39.5 Å². The van der Waals surface area contributed by atoms with E-state index < -0.39 is 5.43 Å². The molecule has 3 rings (SSSR count). The summed E-state index contributed by atoms with van der Waals surface area (Å²) in [5, 5.41) is 19.2. The molecule has 6 heteroatoms. The van der Waals surface area contributed by atoms with Crippen molar-refractivity contribution in [3.8, 4) is 28.6 Å². The molecule has 0 aliphatic heterocycles. The van der Waals surface area contributed by atoms with Crippen molar-refractivity contribution < 1.29 is 24.2 Å². The molecule has 1 heterocycles. The molecule has 0 aliphatic rings. The Labute approximate surface area is 130 Å². The molecule has 0 atom stereocenters. The summed E-state index contributed by atoms with van der Waals surface area (Å²) in [6.45, 7) is 0. The van der Waals surface area contributed by atoms with Crippen molar-refractivity contribution in [1.82, 2.24) is 0 Å². The molecule has 0 fully saturated rings. The Kier molecular flexibility index (Phi) is 3.50. The number of fused-ring (bicyclic) bond motifs is 1. The summed E-state index contributed by atoms with van der Waals surface area (Å²) < 4.78 is 10.7. The smallest absolute Gasteiger partial charge is 0.197 e. The molecule has 0 aliphatic carbocycles. The van der Waals surface area contributed by atoms with Crippen LogP contribution in [0.15, 0.2) is 45.6 Å². The number of hydrogen-bond acceptors (Lipinski definition) is 6. The first-order valence-corrected chi connectivity index (χ1v) is 6.67. The molecular formula is C17H12O6. The van der Waals surface area contributed by atoms with Crippen LogP contribution in [0.2, 0.25) is 0 Å². The summed E-state index contributed by atoms with van der Waals surface area (Å²) in [5.74, 6) is 0.0625. The third kappa shape index (κ3) is 2.40. The zero-order chi connectivity index (χ0) is 16.6. The Morgan fingerprint density at radius 1 is 1.13 bits per heavy atom. The Bertz CT molecular complexity index is 953. The number of carbonyl (C=O) groups is 1. The van der Waals surface area contributed by atoms with Gasteiger partial charge in [0.05, 0.1) is 7.11 Å². The molecular weight excluding hydrogens is 300 g/mol. The van der Waals surface area contributed by atoms with Crippen molar-refractivity contribution >= 4 is 17.3 Å². The lowest BCUT2D eigenvalue weighted by atomic mass is 10.1. The second kappa shape index (κ2) is 5.49. The minimum absolute atomic E-state index is 0.0398. The fourth-order valence-electron chi connectivity index (χ4n) is 2.36. The van der Waals surface area contributed by atoms with E-state index in [1.807, 2.05) is 0 Å². The Morgan fingerprint density at radius 3 is 2.43 bits per heavy atom. The summed E-state index contributed by atoms with van der Waals surface area (Å²) in [4.78, 5) is 23.7. The lowest BCUT2D eigenvalue weighted by molar-refractivity contribution is 0.112. The van der Waals surface area contributed by atoms with Crippen LogP contribution in [0.5, 0.6) is 17.2 Å². The van der Waals surface area contributed by atoms with Crippen LogP contribution in [-0.2, 0) is 0 Å². The Balaban J connectivity index is 2.38. The molecule has 2 aromatic carbocycles. The molecule has 0 spiro atoms. The van der Waals surface area contributed by atoms with Gasteiger partial charge in [0.15, 0.2) is 17.3 Å². The molecule has 1 aromatic heterocycles. The van der Waals surface area contributed by atoms with Gasteiger partial charge in [0.2, 0.25) is 0 Å². The van der Waals surface area contributed by atoms with Crippen LogP contribution in [0.4, 0.5) is 0 Å². The highest BCUT2D eigenvalue weighted by molar-refractivity contribution is 6.00. The molecule has 2 N–H and O–H groups in total. The number of carbonyl (C=O) groups excluding carboxylic acids is 1. The van der Waals surface area contributed by atoms with Crippen LogP contribution in [0.1, 0.15) is 10.4 Å². The van der Waals surface area contributed by atoms with Crippen LogP contribution < -0.4 is 10.2 Å². The number of hydrogen-bond donors (Lipinski definition) is 2. The van der Waals surface area contributed by atoms with Gasteiger partial charge >= 0.3 is 0 Å². The highest BCUT2D eigenvalue weighted by atomic mass is 16.5. The van der Waals surface area contributed by atoms with Crippen molar-refractivity contribution in [1.29, 1.82) is 0 Å². The van der Waals surface area contributed by atoms with E-state index in [4.69, 9.17) is 9.15 Å². The van der Waals surface area contributed by atoms with Gasteiger partial charge in [0.1, 0.15) is 34.0 Å². The van der Waals surface area contributed by atoms with E-state index in [9.17, 15) is 19.8 Å². The number of phenolic OH excluding ortho intramolecular Hbond substituents is 2. The topological polar surface area (TPSA) is 97.0 Å². The molecule has 0 bridgehead atoms. The SMILES string of the molecule is COc1cc(O)c2c(=O)cc(-c3ccc(O)cc3)oc2c1C=O. The second-order valence-electron chi connectivity index (χ2n) is 4.86. The number of rotatable bonds is 3. The molecule has 0 radical (unpaired) electrons. The van der Waals surface area contributed by atoms with E-state index in [1.165, 1.54) is 31.4 Å². The fourth-order valence-corrected chi connectivity index (χ4v) is 2.36. The normalized spacial score (nSPS) is 10.7. The van der Waals surface area contributed by atoms with Crippen LogP contribution >= 0.6 is 0 Å². The average molecular weight is 312 g/mol. The minimum Gasteiger partial charge on any atom is -0.508 e. The molecule has 0 unspecified atom stereocenters. The third-order valence-corrected chi connectivity index (χ3v) is 3.47. The number of benzene rings is 2. The lowest BCUT2D eigenvalue weighted by Crippen LogP contribution is -2.04. The summed E-state index contributed by atoms with van der Waals surface area (Å²) >= 11 is 0. The van der Waals surface area contributed by atoms with Crippen molar-refractivity contribution in [2.45, 2.75) is 0 Å². The van der Waals surface area contributed by atoms with Gasteiger partial charge in [0.25, 0.3) is 0 Å². The molecule has 0 saturated carbocycles. The number of aromatic hydroxyl groups is 2. The molecule has 3 aromatic rings. The van der Waals surface area contributed by atoms with Crippen molar-refractivity contribution in [2.24, 2.45) is 0 Å². The van der Waals surface area contributed by atoms with Crippen molar-refractivity contribution in [3.05, 3.63) is 52.2 Å². The van der Waals surface area contributed by atoms with E-state index in [0.717, 1.165) is 0 Å². The first kappa shape index (κ1) is 14.6. The summed E-state index contributed by atoms with van der Waals surface area (Å²) in [5.41, 5.74) is 0.0454. The highest BCUT2D eigenvalue weighted by Gasteiger charge is 2.18. The number of ether oxygens (including phenoxy) is 1. The van der Waals surface area contributed by atoms with Crippen molar-refractivity contribution in [2.75, 3.05) is 7.11 Å². The van der Waals surface area contributed by atoms with E-state index in [2.05, 4.69) is 0 Å². The van der Waals surface area contributed by atoms with Gasteiger partial charge in [0, 0.05) is 17.7 Å². The van der Waals surface area contributed by atoms with Crippen LogP contribution in [-0.4, -0.2) is 23.6 Å². The Morgan fingerprint density at radius 2 is 1.83 bits per heavy atom. The monoisotopic (exact) mass is 312 g/mol. The number of methoxy groups -OCH3 is 1. The fraction of sp³-hybridized carbons (Fsp3) is 0.0588. The van der Waals surface area contributed by atoms with Crippen LogP contribution in [0.3, 0.4) is 0 Å². The van der Waals surface area contributed by atoms with Gasteiger partial charge in [-0.05, 0) is 24.3 Å². The summed E-state index contributed by atoms with van der Waals surface area (Å²) in [6, 6.07) is 8.45. The van der Waals surface area contributed by atoms with Gasteiger partial charge in [-0.3, -0.25) is 9.59 Å². The zero-order valence-corrected chi connectivity index (χ0v) is 12.1. The number of aldehydes is 1. The quantitative estimate of drug-likeness (QED) is 0.722. The standard InChI is InChI=1S/C17H12O6/c1-22-15-7-13(21)16-12(20)6-14(23-17(16)11(15)8-18)9-2-4-10(19)5-3-9/h2-8,19,21H,1H3. The maximum Gasteiger partial charge on any atom is 0.197 e. The van der Waals surface area contributed by atoms with Gasteiger partial charge in [-0.2, -0.15) is 0 Å². The summed E-state index contributed by atoms with van der Waals surface area (Å²) in [6.07, 6.45) is 0.504. The predicted molar refractivity (Wildman–Crippen MR) is 83.2 cm³/mol. The molecule has 23 heavy (non-hydrogen) atoms. The van der Waals surface area contributed by atoms with Gasteiger partial charge in [-0.15, -0.1) is 0 Å². The van der Waals surface area contributed by atoms with Crippen molar-refractivity contribution in [3.63, 3.8) is 0 Å². The first-order chi connectivity index (χ1) is 11.0. The first-order valence-electron chi connectivity index (χ1n) is 6.67. The highest BCUT2D eigenvalue weighted by Crippen LogP contribution is 2.34. The van der Waals surface area contributed by atoms with Crippen LogP contribution in [0.25, 0.3) is 22.3 Å².